The molecule has 3 aromatic rings. The summed E-state index contributed by atoms with van der Waals surface area (Å²) < 4.78 is 41.1. The van der Waals surface area contributed by atoms with Gasteiger partial charge < -0.3 is 0 Å². The van der Waals surface area contributed by atoms with Gasteiger partial charge in [0, 0.05) is 41.6 Å². The van der Waals surface area contributed by atoms with Crippen molar-refractivity contribution < 1.29 is 12.8 Å². The maximum atomic E-state index is 13.1. The molecule has 0 spiro atoms. The summed E-state index contributed by atoms with van der Waals surface area (Å²) in [7, 11) is -3.47. The Balaban J connectivity index is 1.37. The second-order valence-corrected chi connectivity index (χ2v) is 10.6. The highest BCUT2D eigenvalue weighted by molar-refractivity contribution is 9.10. The maximum absolute atomic E-state index is 13.1. The largest absolute Gasteiger partial charge is 0.294 e. The zero-order valence-electron chi connectivity index (χ0n) is 15.5. The van der Waals surface area contributed by atoms with Crippen LogP contribution in [0, 0.1) is 5.82 Å². The summed E-state index contributed by atoms with van der Waals surface area (Å²) in [5, 5.41) is 2.94. The maximum Gasteiger partial charge on any atom is 0.243 e. The molecule has 1 fully saturated rings. The second kappa shape index (κ2) is 8.61. The van der Waals surface area contributed by atoms with Crippen LogP contribution in [0.2, 0.25) is 0 Å². The molecule has 0 aliphatic carbocycles. The lowest BCUT2D eigenvalue weighted by atomic mass is 10.2. The van der Waals surface area contributed by atoms with Crippen molar-refractivity contribution in [3.8, 4) is 11.3 Å². The highest BCUT2D eigenvalue weighted by Crippen LogP contribution is 2.24. The molecule has 1 aromatic heterocycles. The molecule has 0 atom stereocenters. The first kappa shape index (κ1) is 20.6. The van der Waals surface area contributed by atoms with Crippen molar-refractivity contribution in [3.63, 3.8) is 0 Å². The molecule has 0 amide bonds. The predicted octanol–water partition coefficient (Wildman–Crippen LogP) is 4.22. The molecule has 1 aliphatic rings. The molecule has 1 saturated heterocycles. The molecule has 2 aromatic carbocycles. The Kier molecular flexibility index (Phi) is 6.12. The summed E-state index contributed by atoms with van der Waals surface area (Å²) in [5.74, 6) is -0.264. The van der Waals surface area contributed by atoms with Gasteiger partial charge in [-0.25, -0.2) is 17.8 Å². The summed E-state index contributed by atoms with van der Waals surface area (Å²) in [4.78, 5) is 7.17. The van der Waals surface area contributed by atoms with Crippen LogP contribution in [0.5, 0.6) is 0 Å². The van der Waals surface area contributed by atoms with Gasteiger partial charge in [-0.1, -0.05) is 15.9 Å². The van der Waals surface area contributed by atoms with E-state index in [1.165, 1.54) is 12.1 Å². The summed E-state index contributed by atoms with van der Waals surface area (Å²) in [6.07, 6.45) is 0. The van der Waals surface area contributed by atoms with E-state index in [1.54, 1.807) is 52.0 Å². The van der Waals surface area contributed by atoms with Crippen molar-refractivity contribution in [2.24, 2.45) is 0 Å². The second-order valence-electron chi connectivity index (χ2n) is 6.77. The molecule has 2 heterocycles. The third kappa shape index (κ3) is 4.75. The Labute approximate surface area is 182 Å². The molecule has 0 radical (unpaired) electrons. The number of hydrogen-bond donors (Lipinski definition) is 0. The molecule has 0 N–H and O–H groups in total. The lowest BCUT2D eigenvalue weighted by Crippen LogP contribution is -2.48. The van der Waals surface area contributed by atoms with Crippen LogP contribution in [-0.2, 0) is 16.6 Å². The Morgan fingerprint density at radius 3 is 2.31 bits per heavy atom. The average molecular weight is 496 g/mol. The molecule has 4 rings (SSSR count). The highest BCUT2D eigenvalue weighted by atomic mass is 79.9. The van der Waals surface area contributed by atoms with E-state index >= 15 is 0 Å². The molecule has 9 heteroatoms. The number of rotatable bonds is 5. The predicted molar refractivity (Wildman–Crippen MR) is 116 cm³/mol. The zero-order valence-corrected chi connectivity index (χ0v) is 18.7. The van der Waals surface area contributed by atoms with Crippen molar-refractivity contribution in [2.75, 3.05) is 26.2 Å². The zero-order chi connectivity index (χ0) is 20.4. The van der Waals surface area contributed by atoms with Gasteiger partial charge in [-0.3, -0.25) is 4.90 Å². The molecule has 0 saturated carbocycles. The number of piperazine rings is 1. The third-order valence-corrected chi connectivity index (χ3v) is 8.11. The van der Waals surface area contributed by atoms with Crippen LogP contribution < -0.4 is 0 Å². The minimum atomic E-state index is -3.47. The van der Waals surface area contributed by atoms with Gasteiger partial charge in [0.15, 0.2) is 0 Å². The fraction of sp³-hybridized carbons (Fsp3) is 0.250. The van der Waals surface area contributed by atoms with Gasteiger partial charge in [0.25, 0.3) is 0 Å². The van der Waals surface area contributed by atoms with E-state index < -0.39 is 10.0 Å². The molecule has 1 aliphatic heterocycles. The van der Waals surface area contributed by atoms with Gasteiger partial charge >= 0.3 is 0 Å². The fourth-order valence-electron chi connectivity index (χ4n) is 3.21. The fourth-order valence-corrected chi connectivity index (χ4v) is 5.74. The van der Waals surface area contributed by atoms with Gasteiger partial charge in [0.2, 0.25) is 10.0 Å². The van der Waals surface area contributed by atoms with Crippen molar-refractivity contribution in [1.82, 2.24) is 14.2 Å². The van der Waals surface area contributed by atoms with Crippen LogP contribution in [-0.4, -0.2) is 48.8 Å². The number of aromatic nitrogens is 1. The van der Waals surface area contributed by atoms with E-state index in [-0.39, 0.29) is 5.82 Å². The summed E-state index contributed by atoms with van der Waals surface area (Å²) in [5.41, 5.74) is 1.72. The highest BCUT2D eigenvalue weighted by Gasteiger charge is 2.28. The van der Waals surface area contributed by atoms with Crippen LogP contribution in [0.4, 0.5) is 4.39 Å². The van der Waals surface area contributed by atoms with Crippen LogP contribution >= 0.6 is 27.3 Å². The van der Waals surface area contributed by atoms with E-state index in [4.69, 9.17) is 0 Å². The van der Waals surface area contributed by atoms with Crippen molar-refractivity contribution in [2.45, 2.75) is 11.4 Å². The summed E-state index contributed by atoms with van der Waals surface area (Å²) in [6, 6.07) is 13.0. The van der Waals surface area contributed by atoms with Gasteiger partial charge in [-0.15, -0.1) is 11.3 Å². The van der Waals surface area contributed by atoms with Crippen LogP contribution in [0.15, 0.2) is 63.3 Å². The first-order valence-electron chi connectivity index (χ1n) is 9.10. The van der Waals surface area contributed by atoms with Crippen LogP contribution in [0.3, 0.4) is 0 Å². The molecule has 0 unspecified atom stereocenters. The Morgan fingerprint density at radius 2 is 1.66 bits per heavy atom. The van der Waals surface area contributed by atoms with E-state index in [9.17, 15) is 12.8 Å². The molecular formula is C20H19BrFN3O2S2. The number of halogens is 2. The SMILES string of the molecule is O=S(=O)(c1ccc(Br)cc1)N1CCN(Cc2nc(-c3ccc(F)cc3)cs2)CC1. The summed E-state index contributed by atoms with van der Waals surface area (Å²) in [6.45, 7) is 2.89. The van der Waals surface area contributed by atoms with Crippen molar-refractivity contribution >= 4 is 37.3 Å². The van der Waals surface area contributed by atoms with Gasteiger partial charge in [-0.05, 0) is 48.5 Å². The van der Waals surface area contributed by atoms with E-state index in [0.29, 0.717) is 37.6 Å². The quantitative estimate of drug-likeness (QED) is 0.531. The molecular weight excluding hydrogens is 477 g/mol. The lowest BCUT2D eigenvalue weighted by molar-refractivity contribution is 0.181. The van der Waals surface area contributed by atoms with Gasteiger partial charge in [0.05, 0.1) is 17.1 Å². The number of nitrogens with zero attached hydrogens (tertiary/aromatic N) is 3. The van der Waals surface area contributed by atoms with Crippen LogP contribution in [0.1, 0.15) is 5.01 Å². The Bertz CT molecular complexity index is 1080. The number of hydrogen-bond acceptors (Lipinski definition) is 5. The topological polar surface area (TPSA) is 53.5 Å². The average Bonchev–Trinajstić information content (AvgIpc) is 3.18. The normalized spacial score (nSPS) is 16.2. The number of thiazole rings is 1. The minimum Gasteiger partial charge on any atom is -0.294 e. The number of sulfonamides is 1. The number of benzene rings is 2. The van der Waals surface area contributed by atoms with E-state index in [0.717, 1.165) is 20.7 Å². The minimum absolute atomic E-state index is 0.264. The van der Waals surface area contributed by atoms with Crippen molar-refractivity contribution in [3.05, 3.63) is 69.2 Å². The smallest absolute Gasteiger partial charge is 0.243 e. The first-order chi connectivity index (χ1) is 13.9. The molecule has 5 nitrogen and oxygen atoms in total. The lowest BCUT2D eigenvalue weighted by Gasteiger charge is -2.33. The standard InChI is InChI=1S/C20H19BrFN3O2S2/c21-16-3-7-18(8-4-16)29(26,27)25-11-9-24(10-12-25)13-20-23-19(14-28-20)15-1-5-17(22)6-2-15/h1-8,14H,9-13H2. The third-order valence-electron chi connectivity index (χ3n) is 4.83. The van der Waals surface area contributed by atoms with E-state index in [1.807, 2.05) is 5.38 Å². The Hall–Kier alpha value is -1.65. The van der Waals surface area contributed by atoms with E-state index in [2.05, 4.69) is 25.8 Å². The van der Waals surface area contributed by atoms with Crippen molar-refractivity contribution in [1.29, 1.82) is 0 Å². The molecule has 0 bridgehead atoms. The molecule has 29 heavy (non-hydrogen) atoms. The van der Waals surface area contributed by atoms with Crippen LogP contribution in [0.25, 0.3) is 11.3 Å². The molecule has 152 valence electrons. The summed E-state index contributed by atoms with van der Waals surface area (Å²) >= 11 is 4.89. The Morgan fingerprint density at radius 1 is 1.00 bits per heavy atom. The van der Waals surface area contributed by atoms with Gasteiger partial charge in [0.1, 0.15) is 10.8 Å². The van der Waals surface area contributed by atoms with Gasteiger partial charge in [-0.2, -0.15) is 4.31 Å². The first-order valence-corrected chi connectivity index (χ1v) is 12.2. The monoisotopic (exact) mass is 495 g/mol.